The van der Waals surface area contributed by atoms with E-state index >= 15 is 0 Å². The van der Waals surface area contributed by atoms with E-state index in [2.05, 4.69) is 15.9 Å². The molecule has 1 saturated heterocycles. The van der Waals surface area contributed by atoms with E-state index < -0.39 is 0 Å². The number of piperazine rings is 1. The summed E-state index contributed by atoms with van der Waals surface area (Å²) in [6.07, 6.45) is 0. The first-order valence-corrected chi connectivity index (χ1v) is 7.26. The molecule has 3 rings (SSSR count). The van der Waals surface area contributed by atoms with Crippen molar-refractivity contribution in [1.29, 1.82) is 0 Å². The van der Waals surface area contributed by atoms with E-state index in [4.69, 9.17) is 5.73 Å². The molecule has 0 aliphatic carbocycles. The maximum Gasteiger partial charge on any atom is 0.146 e. The summed E-state index contributed by atoms with van der Waals surface area (Å²) in [5.74, 6) is -0.147. The zero-order valence-electron chi connectivity index (χ0n) is 12.2. The standard InChI is InChI=1S/C17H20FN3/c1-13-15(19)6-4-8-16(13)20-9-11-21(12-10-20)17-7-3-2-5-14(17)18/h2-8H,9-12,19H2,1H3. The summed E-state index contributed by atoms with van der Waals surface area (Å²) in [7, 11) is 0. The molecule has 4 heteroatoms. The first-order valence-electron chi connectivity index (χ1n) is 7.26. The van der Waals surface area contributed by atoms with E-state index in [0.29, 0.717) is 5.69 Å². The van der Waals surface area contributed by atoms with E-state index in [9.17, 15) is 4.39 Å². The van der Waals surface area contributed by atoms with Gasteiger partial charge in [0.15, 0.2) is 0 Å². The van der Waals surface area contributed by atoms with Crippen molar-refractivity contribution in [2.75, 3.05) is 41.7 Å². The fraction of sp³-hybridized carbons (Fsp3) is 0.294. The van der Waals surface area contributed by atoms with Gasteiger partial charge in [0, 0.05) is 37.6 Å². The van der Waals surface area contributed by atoms with Crippen LogP contribution >= 0.6 is 0 Å². The number of rotatable bonds is 2. The molecular weight excluding hydrogens is 265 g/mol. The van der Waals surface area contributed by atoms with Crippen LogP contribution in [0.2, 0.25) is 0 Å². The first-order chi connectivity index (χ1) is 10.2. The minimum absolute atomic E-state index is 0.147. The van der Waals surface area contributed by atoms with Crippen LogP contribution in [0.4, 0.5) is 21.5 Å². The predicted molar refractivity (Wildman–Crippen MR) is 86.4 cm³/mol. The van der Waals surface area contributed by atoms with Gasteiger partial charge in [-0.1, -0.05) is 18.2 Å². The third-order valence-electron chi connectivity index (χ3n) is 4.16. The van der Waals surface area contributed by atoms with Gasteiger partial charge < -0.3 is 15.5 Å². The fourth-order valence-electron chi connectivity index (χ4n) is 2.88. The molecule has 1 heterocycles. The molecular formula is C17H20FN3. The highest BCUT2D eigenvalue weighted by Crippen LogP contribution is 2.27. The molecule has 0 spiro atoms. The van der Waals surface area contributed by atoms with Crippen LogP contribution < -0.4 is 15.5 Å². The van der Waals surface area contributed by atoms with Crippen LogP contribution in [-0.4, -0.2) is 26.2 Å². The Morgan fingerprint density at radius 2 is 1.43 bits per heavy atom. The average molecular weight is 285 g/mol. The van der Waals surface area contributed by atoms with Crippen LogP contribution in [0.15, 0.2) is 42.5 Å². The van der Waals surface area contributed by atoms with Gasteiger partial charge >= 0.3 is 0 Å². The third-order valence-corrected chi connectivity index (χ3v) is 4.16. The Hall–Kier alpha value is -2.23. The molecule has 3 nitrogen and oxygen atoms in total. The fourth-order valence-corrected chi connectivity index (χ4v) is 2.88. The zero-order valence-corrected chi connectivity index (χ0v) is 12.2. The molecule has 0 bridgehead atoms. The normalized spacial score (nSPS) is 15.3. The molecule has 0 saturated carbocycles. The van der Waals surface area contributed by atoms with Crippen molar-refractivity contribution in [2.45, 2.75) is 6.92 Å². The van der Waals surface area contributed by atoms with Crippen molar-refractivity contribution < 1.29 is 4.39 Å². The molecule has 0 radical (unpaired) electrons. The van der Waals surface area contributed by atoms with E-state index in [1.807, 2.05) is 31.2 Å². The first kappa shape index (κ1) is 13.7. The van der Waals surface area contributed by atoms with E-state index in [-0.39, 0.29) is 5.82 Å². The van der Waals surface area contributed by atoms with Crippen molar-refractivity contribution >= 4 is 17.1 Å². The second-order valence-corrected chi connectivity index (χ2v) is 5.42. The SMILES string of the molecule is Cc1c(N)cccc1N1CCN(c2ccccc2F)CC1. The van der Waals surface area contributed by atoms with Crippen molar-refractivity contribution in [1.82, 2.24) is 0 Å². The number of para-hydroxylation sites is 1. The summed E-state index contributed by atoms with van der Waals surface area (Å²) in [6, 6.07) is 13.0. The Kier molecular flexibility index (Phi) is 3.69. The van der Waals surface area contributed by atoms with Crippen molar-refractivity contribution in [3.05, 3.63) is 53.8 Å². The van der Waals surface area contributed by atoms with E-state index in [1.165, 1.54) is 11.8 Å². The Labute approximate surface area is 124 Å². The highest BCUT2D eigenvalue weighted by atomic mass is 19.1. The molecule has 1 aliphatic rings. The Balaban J connectivity index is 1.74. The van der Waals surface area contributed by atoms with Gasteiger partial charge in [0.1, 0.15) is 5.82 Å². The molecule has 1 fully saturated rings. The van der Waals surface area contributed by atoms with Crippen LogP contribution in [0.5, 0.6) is 0 Å². The number of nitrogens with two attached hydrogens (primary N) is 1. The molecule has 0 atom stereocenters. The lowest BCUT2D eigenvalue weighted by atomic mass is 10.1. The lowest BCUT2D eigenvalue weighted by Gasteiger charge is -2.38. The zero-order chi connectivity index (χ0) is 14.8. The second kappa shape index (κ2) is 5.64. The number of nitrogen functional groups attached to an aromatic ring is 1. The lowest BCUT2D eigenvalue weighted by molar-refractivity contribution is 0.597. The highest BCUT2D eigenvalue weighted by molar-refractivity contribution is 5.65. The van der Waals surface area contributed by atoms with Crippen molar-refractivity contribution in [3.63, 3.8) is 0 Å². The molecule has 1 aliphatic heterocycles. The van der Waals surface area contributed by atoms with Gasteiger partial charge in [-0.3, -0.25) is 0 Å². The minimum Gasteiger partial charge on any atom is -0.398 e. The summed E-state index contributed by atoms with van der Waals surface area (Å²) < 4.78 is 13.8. The van der Waals surface area contributed by atoms with E-state index in [0.717, 1.165) is 37.4 Å². The summed E-state index contributed by atoms with van der Waals surface area (Å²) in [5, 5.41) is 0. The van der Waals surface area contributed by atoms with Crippen LogP contribution in [0.25, 0.3) is 0 Å². The number of hydrogen-bond acceptors (Lipinski definition) is 3. The van der Waals surface area contributed by atoms with Crippen LogP contribution in [0, 0.1) is 12.7 Å². The quantitative estimate of drug-likeness (QED) is 0.861. The van der Waals surface area contributed by atoms with Crippen molar-refractivity contribution in [3.8, 4) is 0 Å². The number of benzene rings is 2. The smallest absolute Gasteiger partial charge is 0.146 e. The number of anilines is 3. The lowest BCUT2D eigenvalue weighted by Crippen LogP contribution is -2.47. The number of hydrogen-bond donors (Lipinski definition) is 1. The van der Waals surface area contributed by atoms with Crippen LogP contribution in [0.3, 0.4) is 0 Å². The van der Waals surface area contributed by atoms with Crippen molar-refractivity contribution in [2.24, 2.45) is 0 Å². The van der Waals surface area contributed by atoms with Crippen LogP contribution in [-0.2, 0) is 0 Å². The summed E-state index contributed by atoms with van der Waals surface area (Å²) in [4.78, 5) is 4.43. The van der Waals surface area contributed by atoms with Gasteiger partial charge in [-0.2, -0.15) is 0 Å². The Morgan fingerprint density at radius 1 is 0.857 bits per heavy atom. The van der Waals surface area contributed by atoms with Gasteiger partial charge in [-0.05, 0) is 36.8 Å². The van der Waals surface area contributed by atoms with Crippen LogP contribution in [0.1, 0.15) is 5.56 Å². The van der Waals surface area contributed by atoms with Gasteiger partial charge in [-0.25, -0.2) is 4.39 Å². The molecule has 2 aromatic rings. The molecule has 110 valence electrons. The summed E-state index contributed by atoms with van der Waals surface area (Å²) in [6.45, 7) is 5.43. The second-order valence-electron chi connectivity index (χ2n) is 5.42. The monoisotopic (exact) mass is 285 g/mol. The van der Waals surface area contributed by atoms with Gasteiger partial charge in [0.05, 0.1) is 5.69 Å². The van der Waals surface area contributed by atoms with Gasteiger partial charge in [0.25, 0.3) is 0 Å². The average Bonchev–Trinajstić information content (AvgIpc) is 2.51. The van der Waals surface area contributed by atoms with E-state index in [1.54, 1.807) is 6.07 Å². The third kappa shape index (κ3) is 2.66. The maximum absolute atomic E-state index is 13.8. The molecule has 21 heavy (non-hydrogen) atoms. The number of halogens is 1. The predicted octanol–water partition coefficient (Wildman–Crippen LogP) is 3.04. The largest absolute Gasteiger partial charge is 0.398 e. The Morgan fingerprint density at radius 3 is 2.10 bits per heavy atom. The maximum atomic E-state index is 13.8. The van der Waals surface area contributed by atoms with Gasteiger partial charge in [0.2, 0.25) is 0 Å². The summed E-state index contributed by atoms with van der Waals surface area (Å²) >= 11 is 0. The topological polar surface area (TPSA) is 32.5 Å². The number of nitrogens with zero attached hydrogens (tertiary/aromatic N) is 2. The molecule has 0 unspecified atom stereocenters. The summed E-state index contributed by atoms with van der Waals surface area (Å²) in [5.41, 5.74) is 9.80. The Bertz CT molecular complexity index is 634. The highest BCUT2D eigenvalue weighted by Gasteiger charge is 2.20. The molecule has 2 aromatic carbocycles. The molecule has 0 aromatic heterocycles. The molecule has 0 amide bonds. The minimum atomic E-state index is -0.147. The molecule has 2 N–H and O–H groups in total. The van der Waals surface area contributed by atoms with Gasteiger partial charge in [-0.15, -0.1) is 0 Å².